The molecule has 1 atom stereocenters. The first-order valence-corrected chi connectivity index (χ1v) is 10.7. The standard InChI is InChI=1S/C22H23BrFN3O2/c1-26-9-7-22(8-10-26)27-19(13-18(25-27)14-3-5-16(24)6-4-14)17-11-15(23)12-20(28-2)21(17)29-22/h3-6,11-13,19,25H,7-10H2,1-2H3/p+1. The van der Waals surface area contributed by atoms with Crippen LogP contribution in [0.2, 0.25) is 0 Å². The van der Waals surface area contributed by atoms with Gasteiger partial charge < -0.3 is 19.8 Å². The number of nitrogens with zero attached hydrogens (tertiary/aromatic N) is 1. The third-order valence-corrected chi connectivity index (χ3v) is 6.66. The Balaban J connectivity index is 1.62. The van der Waals surface area contributed by atoms with Crippen molar-refractivity contribution >= 4 is 21.6 Å². The zero-order valence-corrected chi connectivity index (χ0v) is 18.1. The highest BCUT2D eigenvalue weighted by atomic mass is 79.9. The molecular weight excluding hydrogens is 437 g/mol. The van der Waals surface area contributed by atoms with E-state index >= 15 is 0 Å². The number of methoxy groups -OCH3 is 1. The molecular formula is C22H24BrFN3O2+. The summed E-state index contributed by atoms with van der Waals surface area (Å²) in [6, 6.07) is 10.7. The molecule has 3 aliphatic heterocycles. The highest BCUT2D eigenvalue weighted by molar-refractivity contribution is 9.10. The molecule has 3 aliphatic rings. The summed E-state index contributed by atoms with van der Waals surface area (Å²) in [5.74, 6) is 1.32. The van der Waals surface area contributed by atoms with Crippen molar-refractivity contribution in [1.82, 2.24) is 10.4 Å². The van der Waals surface area contributed by atoms with Gasteiger partial charge in [0, 0.05) is 10.0 Å². The van der Waals surface area contributed by atoms with Gasteiger partial charge in [-0.25, -0.2) is 4.39 Å². The fourth-order valence-corrected chi connectivity index (χ4v) is 5.02. The number of halogens is 2. The molecule has 5 nitrogen and oxygen atoms in total. The zero-order valence-electron chi connectivity index (χ0n) is 16.5. The van der Waals surface area contributed by atoms with Gasteiger partial charge in [0.2, 0.25) is 0 Å². The number of rotatable bonds is 2. The van der Waals surface area contributed by atoms with Crippen molar-refractivity contribution < 1.29 is 18.8 Å². The molecule has 2 N–H and O–H groups in total. The summed E-state index contributed by atoms with van der Waals surface area (Å²) in [6.45, 7) is 2.07. The van der Waals surface area contributed by atoms with Crippen LogP contribution in [0.25, 0.3) is 5.70 Å². The van der Waals surface area contributed by atoms with Crippen molar-refractivity contribution in [3.05, 3.63) is 63.9 Å². The maximum atomic E-state index is 13.4. The van der Waals surface area contributed by atoms with Gasteiger partial charge in [-0.2, -0.15) is 5.01 Å². The SMILES string of the molecule is COc1cc(Br)cc2c1OC1(CC[NH+](C)CC1)N1NC(c3ccc(F)cc3)=CC21. The fourth-order valence-electron chi connectivity index (χ4n) is 4.56. The lowest BCUT2D eigenvalue weighted by molar-refractivity contribution is -0.888. The molecule has 0 amide bonds. The van der Waals surface area contributed by atoms with E-state index in [9.17, 15) is 4.39 Å². The van der Waals surface area contributed by atoms with Crippen molar-refractivity contribution in [3.63, 3.8) is 0 Å². The predicted molar refractivity (Wildman–Crippen MR) is 112 cm³/mol. The van der Waals surface area contributed by atoms with Crippen LogP contribution in [0.15, 0.2) is 46.9 Å². The molecule has 2 aromatic rings. The highest BCUT2D eigenvalue weighted by Gasteiger charge is 2.53. The average molecular weight is 461 g/mol. The van der Waals surface area contributed by atoms with Gasteiger partial charge in [-0.05, 0) is 48.0 Å². The molecule has 1 saturated heterocycles. The minimum atomic E-state index is -0.448. The van der Waals surface area contributed by atoms with Crippen LogP contribution in [0.5, 0.6) is 11.5 Å². The number of hydrogen-bond donors (Lipinski definition) is 2. The quantitative estimate of drug-likeness (QED) is 0.722. The minimum absolute atomic E-state index is 0.00334. The molecule has 1 fully saturated rings. The van der Waals surface area contributed by atoms with Gasteiger partial charge in [0.15, 0.2) is 17.2 Å². The third kappa shape index (κ3) is 3.12. The second-order valence-corrected chi connectivity index (χ2v) is 8.96. The highest BCUT2D eigenvalue weighted by Crippen LogP contribution is 2.51. The lowest BCUT2D eigenvalue weighted by atomic mass is 9.92. The number of fused-ring (bicyclic) bond motifs is 4. The molecule has 1 spiro atoms. The largest absolute Gasteiger partial charge is 0.493 e. The number of piperidine rings is 1. The van der Waals surface area contributed by atoms with E-state index in [0.29, 0.717) is 0 Å². The molecule has 2 aromatic carbocycles. The van der Waals surface area contributed by atoms with E-state index in [2.05, 4.69) is 45.6 Å². The lowest BCUT2D eigenvalue weighted by Crippen LogP contribution is -3.11. The maximum Gasteiger partial charge on any atom is 0.191 e. The molecule has 29 heavy (non-hydrogen) atoms. The van der Waals surface area contributed by atoms with Crippen LogP contribution in [-0.4, -0.2) is 38.0 Å². The summed E-state index contributed by atoms with van der Waals surface area (Å²) in [7, 11) is 3.90. The third-order valence-electron chi connectivity index (χ3n) is 6.20. The summed E-state index contributed by atoms with van der Waals surface area (Å²) < 4.78 is 26.7. The molecule has 0 aliphatic carbocycles. The Morgan fingerprint density at radius 1 is 1.24 bits per heavy atom. The Hall–Kier alpha value is -2.09. The number of hydrogen-bond acceptors (Lipinski definition) is 4. The first kappa shape index (κ1) is 18.9. The van der Waals surface area contributed by atoms with Crippen molar-refractivity contribution in [3.8, 4) is 11.5 Å². The second-order valence-electron chi connectivity index (χ2n) is 8.05. The first-order valence-electron chi connectivity index (χ1n) is 9.90. The van der Waals surface area contributed by atoms with Crippen LogP contribution in [-0.2, 0) is 0 Å². The van der Waals surface area contributed by atoms with E-state index < -0.39 is 5.72 Å². The monoisotopic (exact) mass is 460 g/mol. The van der Waals surface area contributed by atoms with E-state index in [-0.39, 0.29) is 11.9 Å². The first-order chi connectivity index (χ1) is 14.0. The normalized spacial score (nSPS) is 28.2. The minimum Gasteiger partial charge on any atom is -0.493 e. The van der Waals surface area contributed by atoms with Crippen LogP contribution < -0.4 is 19.8 Å². The van der Waals surface area contributed by atoms with Crippen LogP contribution in [0.3, 0.4) is 0 Å². The Kier molecular flexibility index (Phi) is 4.57. The van der Waals surface area contributed by atoms with Gasteiger partial charge in [0.05, 0.1) is 51.8 Å². The van der Waals surface area contributed by atoms with E-state index in [1.807, 2.05) is 6.07 Å². The van der Waals surface area contributed by atoms with E-state index in [4.69, 9.17) is 9.47 Å². The molecule has 0 bridgehead atoms. The molecule has 3 heterocycles. The molecule has 5 rings (SSSR count). The van der Waals surface area contributed by atoms with Crippen LogP contribution >= 0.6 is 15.9 Å². The smallest absolute Gasteiger partial charge is 0.191 e. The molecule has 7 heteroatoms. The Bertz CT molecular complexity index is 971. The zero-order chi connectivity index (χ0) is 20.2. The second kappa shape index (κ2) is 7.00. The Labute approximate surface area is 178 Å². The van der Waals surface area contributed by atoms with Gasteiger partial charge in [-0.3, -0.25) is 0 Å². The van der Waals surface area contributed by atoms with E-state index in [1.54, 1.807) is 19.2 Å². The van der Waals surface area contributed by atoms with Crippen LogP contribution in [0, 0.1) is 5.82 Å². The number of likely N-dealkylation sites (tertiary alicyclic amines) is 1. The molecule has 152 valence electrons. The molecule has 0 saturated carbocycles. The van der Waals surface area contributed by atoms with Gasteiger partial charge in [-0.1, -0.05) is 15.9 Å². The van der Waals surface area contributed by atoms with Crippen LogP contribution in [0.4, 0.5) is 4.39 Å². The number of ether oxygens (including phenoxy) is 2. The van der Waals surface area contributed by atoms with Gasteiger partial charge in [0.25, 0.3) is 0 Å². The molecule has 0 aromatic heterocycles. The average Bonchev–Trinajstić information content (AvgIpc) is 3.18. The van der Waals surface area contributed by atoms with E-state index in [0.717, 1.165) is 58.7 Å². The summed E-state index contributed by atoms with van der Waals surface area (Å²) >= 11 is 3.60. The van der Waals surface area contributed by atoms with Crippen molar-refractivity contribution in [2.45, 2.75) is 24.6 Å². The van der Waals surface area contributed by atoms with Crippen molar-refractivity contribution in [1.29, 1.82) is 0 Å². The lowest BCUT2D eigenvalue weighted by Gasteiger charge is -2.50. The fraction of sp³-hybridized carbons (Fsp3) is 0.364. The maximum absolute atomic E-state index is 13.4. The number of nitrogens with one attached hydrogen (secondary N) is 2. The van der Waals surface area contributed by atoms with Crippen molar-refractivity contribution in [2.24, 2.45) is 0 Å². The molecule has 1 unspecified atom stereocenters. The summed E-state index contributed by atoms with van der Waals surface area (Å²) in [5, 5.41) is 2.24. The summed E-state index contributed by atoms with van der Waals surface area (Å²) in [6.07, 6.45) is 4.02. The number of benzene rings is 2. The van der Waals surface area contributed by atoms with Gasteiger partial charge in [-0.15, -0.1) is 0 Å². The Morgan fingerprint density at radius 2 is 1.97 bits per heavy atom. The summed E-state index contributed by atoms with van der Waals surface area (Å²) in [4.78, 5) is 1.51. The van der Waals surface area contributed by atoms with Crippen molar-refractivity contribution in [2.75, 3.05) is 27.2 Å². The number of quaternary nitrogens is 1. The molecule has 0 radical (unpaired) electrons. The van der Waals surface area contributed by atoms with Gasteiger partial charge >= 0.3 is 0 Å². The van der Waals surface area contributed by atoms with Crippen LogP contribution in [0.1, 0.15) is 30.0 Å². The van der Waals surface area contributed by atoms with E-state index in [1.165, 1.54) is 17.0 Å². The number of hydrazine groups is 1. The predicted octanol–water partition coefficient (Wildman–Crippen LogP) is 2.90. The topological polar surface area (TPSA) is 38.2 Å². The van der Waals surface area contributed by atoms with Gasteiger partial charge in [0.1, 0.15) is 5.82 Å². The summed E-state index contributed by atoms with van der Waals surface area (Å²) in [5.41, 5.74) is 6.11. The Morgan fingerprint density at radius 3 is 2.66 bits per heavy atom.